The van der Waals surface area contributed by atoms with E-state index in [9.17, 15) is 19.8 Å². The van der Waals surface area contributed by atoms with E-state index in [2.05, 4.69) is 11.9 Å². The number of H-pyrrole nitrogens is 1. The molecule has 0 saturated heterocycles. The first-order chi connectivity index (χ1) is 10.4. The molecule has 1 N–H and O–H groups in total. The van der Waals surface area contributed by atoms with E-state index < -0.39 is 11.9 Å². The Morgan fingerprint density at radius 3 is 2.33 bits per heavy atom. The van der Waals surface area contributed by atoms with E-state index in [4.69, 9.17) is 0 Å². The number of carbonyl (C=O) groups is 2. The van der Waals surface area contributed by atoms with Gasteiger partial charge < -0.3 is 24.8 Å². The number of carboxylic acids is 2. The van der Waals surface area contributed by atoms with Crippen molar-refractivity contribution in [3.05, 3.63) is 34.5 Å². The molecule has 1 heterocycles. The maximum Gasteiger partial charge on any atom is 1.00 e. The number of aromatic carboxylic acids is 1. The van der Waals surface area contributed by atoms with E-state index >= 15 is 0 Å². The zero-order valence-corrected chi connectivity index (χ0v) is 18.8. The minimum Gasteiger partial charge on any atom is -0.550 e. The fourth-order valence-electron chi connectivity index (χ4n) is 2.79. The summed E-state index contributed by atoms with van der Waals surface area (Å²) in [6.07, 6.45) is 3.65. The zero-order valence-electron chi connectivity index (χ0n) is 14.8. The van der Waals surface area contributed by atoms with Crippen LogP contribution in [0.1, 0.15) is 53.4 Å². The first kappa shape index (κ1) is 23.7. The first-order valence-electron chi connectivity index (χ1n) is 7.49. The number of carbonyl (C=O) groups excluding carboxylic acids is 2. The van der Waals surface area contributed by atoms with Gasteiger partial charge in [0.05, 0.1) is 5.97 Å². The van der Waals surface area contributed by atoms with Gasteiger partial charge in [-0.05, 0) is 43.0 Å². The molecular formula is C17H19NNa2O4. The van der Waals surface area contributed by atoms with Crippen LogP contribution >= 0.6 is 0 Å². The molecule has 118 valence electrons. The molecule has 0 spiro atoms. The average Bonchev–Trinajstić information content (AvgIpc) is 2.75. The smallest absolute Gasteiger partial charge is 0.550 e. The van der Waals surface area contributed by atoms with E-state index in [-0.39, 0.29) is 71.1 Å². The van der Waals surface area contributed by atoms with E-state index in [0.29, 0.717) is 16.6 Å². The Bertz CT molecular complexity index is 725. The molecule has 1 aromatic carbocycles. The van der Waals surface area contributed by atoms with Crippen LogP contribution in [0.25, 0.3) is 10.9 Å². The van der Waals surface area contributed by atoms with Crippen LogP contribution in [0.15, 0.2) is 12.1 Å². The van der Waals surface area contributed by atoms with E-state index in [1.165, 1.54) is 6.07 Å². The number of benzene rings is 1. The molecule has 0 saturated carbocycles. The number of aromatic amines is 1. The SMILES string of the molecule is CCCCCc1[nH]c2cc(C(=O)[O-])c(C)cc2c1CC(=O)[O-].[Na+].[Na+]. The molecule has 5 nitrogen and oxygen atoms in total. The van der Waals surface area contributed by atoms with Crippen molar-refractivity contribution in [2.75, 3.05) is 0 Å². The third-order valence-electron chi connectivity index (χ3n) is 3.91. The van der Waals surface area contributed by atoms with Crippen LogP contribution in [-0.4, -0.2) is 16.9 Å². The summed E-state index contributed by atoms with van der Waals surface area (Å²) in [6.45, 7) is 3.78. The summed E-state index contributed by atoms with van der Waals surface area (Å²) in [7, 11) is 0. The zero-order chi connectivity index (χ0) is 16.3. The van der Waals surface area contributed by atoms with Crippen LogP contribution in [0.4, 0.5) is 0 Å². The van der Waals surface area contributed by atoms with Crippen LogP contribution in [0.5, 0.6) is 0 Å². The molecular weight excluding hydrogens is 328 g/mol. The molecule has 0 aliphatic rings. The Morgan fingerprint density at radius 2 is 1.79 bits per heavy atom. The first-order valence-corrected chi connectivity index (χ1v) is 7.49. The van der Waals surface area contributed by atoms with Gasteiger partial charge in [0.1, 0.15) is 0 Å². The van der Waals surface area contributed by atoms with Gasteiger partial charge in [-0.25, -0.2) is 0 Å². The molecule has 24 heavy (non-hydrogen) atoms. The number of aliphatic carboxylic acids is 1. The molecule has 1 aromatic heterocycles. The fraction of sp³-hybridized carbons (Fsp3) is 0.412. The van der Waals surface area contributed by atoms with Gasteiger partial charge in [0.15, 0.2) is 0 Å². The standard InChI is InChI=1S/C17H21NO4.2Na/c1-3-4-5-6-14-13(9-16(19)20)12-7-10(2)11(17(21)22)8-15(12)18-14;;/h7-8,18H,3-6,9H2,1-2H3,(H,19,20)(H,21,22);;/q;2*+1/p-2. The number of fused-ring (bicyclic) bond motifs is 1. The van der Waals surface area contributed by atoms with Gasteiger partial charge >= 0.3 is 59.1 Å². The Labute approximate surface area is 185 Å². The van der Waals surface area contributed by atoms with Crippen molar-refractivity contribution in [3.63, 3.8) is 0 Å². The molecule has 7 heteroatoms. The van der Waals surface area contributed by atoms with Gasteiger partial charge in [0, 0.05) is 34.6 Å². The van der Waals surface area contributed by atoms with E-state index in [1.54, 1.807) is 13.0 Å². The molecule has 2 rings (SSSR count). The maximum absolute atomic E-state index is 11.1. The molecule has 0 atom stereocenters. The van der Waals surface area contributed by atoms with Crippen LogP contribution in [0, 0.1) is 6.92 Å². The Morgan fingerprint density at radius 1 is 1.12 bits per heavy atom. The number of aromatic nitrogens is 1. The van der Waals surface area contributed by atoms with Gasteiger partial charge in [0.25, 0.3) is 0 Å². The Balaban J connectivity index is 0.00000264. The summed E-state index contributed by atoms with van der Waals surface area (Å²) in [5.74, 6) is -2.37. The Kier molecular flexibility index (Phi) is 10.5. The van der Waals surface area contributed by atoms with Crippen molar-refractivity contribution in [1.29, 1.82) is 0 Å². The minimum absolute atomic E-state index is 0. The third-order valence-corrected chi connectivity index (χ3v) is 3.91. The molecule has 0 amide bonds. The number of nitrogens with one attached hydrogen (secondary N) is 1. The number of hydrogen-bond donors (Lipinski definition) is 1. The van der Waals surface area contributed by atoms with Gasteiger partial charge in [-0.15, -0.1) is 0 Å². The molecule has 0 fully saturated rings. The average molecular weight is 347 g/mol. The van der Waals surface area contributed by atoms with Crippen molar-refractivity contribution in [3.8, 4) is 0 Å². The molecule has 0 aliphatic carbocycles. The predicted octanol–water partition coefficient (Wildman–Crippen LogP) is -5.13. The second kappa shape index (κ2) is 10.6. The fourth-order valence-corrected chi connectivity index (χ4v) is 2.79. The number of aryl methyl sites for hydroxylation is 2. The second-order valence-electron chi connectivity index (χ2n) is 5.59. The molecule has 0 unspecified atom stereocenters. The summed E-state index contributed by atoms with van der Waals surface area (Å²) >= 11 is 0. The van der Waals surface area contributed by atoms with Crippen molar-refractivity contribution >= 4 is 22.8 Å². The van der Waals surface area contributed by atoms with Gasteiger partial charge in [-0.2, -0.15) is 0 Å². The molecule has 2 aromatic rings. The topological polar surface area (TPSA) is 96.1 Å². The van der Waals surface area contributed by atoms with Crippen LogP contribution < -0.4 is 69.3 Å². The summed E-state index contributed by atoms with van der Waals surface area (Å²) in [6, 6.07) is 3.22. The van der Waals surface area contributed by atoms with Gasteiger partial charge in [-0.3, -0.25) is 0 Å². The number of unbranched alkanes of at least 4 members (excludes halogenated alkanes) is 2. The van der Waals surface area contributed by atoms with Crippen LogP contribution in [0.3, 0.4) is 0 Å². The summed E-state index contributed by atoms with van der Waals surface area (Å²) in [5, 5.41) is 22.9. The summed E-state index contributed by atoms with van der Waals surface area (Å²) < 4.78 is 0. The minimum atomic E-state index is -1.23. The van der Waals surface area contributed by atoms with E-state index in [1.807, 2.05) is 0 Å². The van der Waals surface area contributed by atoms with Crippen molar-refractivity contribution in [2.24, 2.45) is 0 Å². The van der Waals surface area contributed by atoms with Crippen molar-refractivity contribution < 1.29 is 78.9 Å². The second-order valence-corrected chi connectivity index (χ2v) is 5.59. The van der Waals surface area contributed by atoms with Crippen LogP contribution in [-0.2, 0) is 17.6 Å². The molecule has 0 bridgehead atoms. The monoisotopic (exact) mass is 347 g/mol. The summed E-state index contributed by atoms with van der Waals surface area (Å²) in [5.41, 5.74) is 2.86. The van der Waals surface area contributed by atoms with E-state index in [0.717, 1.165) is 36.8 Å². The largest absolute Gasteiger partial charge is 1.00 e. The number of carboxylic acid groups (broad SMARTS) is 2. The van der Waals surface area contributed by atoms with Gasteiger partial charge in [-0.1, -0.05) is 19.8 Å². The number of rotatable bonds is 7. The van der Waals surface area contributed by atoms with Gasteiger partial charge in [0.2, 0.25) is 0 Å². The third kappa shape index (κ3) is 5.61. The maximum atomic E-state index is 11.1. The van der Waals surface area contributed by atoms with Crippen LogP contribution in [0.2, 0.25) is 0 Å². The quantitative estimate of drug-likeness (QED) is 0.400. The van der Waals surface area contributed by atoms with Crippen molar-refractivity contribution in [1.82, 2.24) is 4.98 Å². The van der Waals surface area contributed by atoms with Crippen molar-refractivity contribution in [2.45, 2.75) is 46.0 Å². The molecule has 0 radical (unpaired) electrons. The predicted molar refractivity (Wildman–Crippen MR) is 79.3 cm³/mol. The molecule has 0 aliphatic heterocycles. The Hall–Kier alpha value is -0.300. The summed E-state index contributed by atoms with van der Waals surface area (Å²) in [4.78, 5) is 25.3. The normalized spacial score (nSPS) is 10.1. The number of hydrogen-bond acceptors (Lipinski definition) is 4.